The van der Waals surface area contributed by atoms with Gasteiger partial charge in [0.05, 0.1) is 17.4 Å². The van der Waals surface area contributed by atoms with Crippen molar-refractivity contribution in [1.29, 1.82) is 0 Å². The van der Waals surface area contributed by atoms with Crippen molar-refractivity contribution in [1.82, 2.24) is 0 Å². The van der Waals surface area contributed by atoms with E-state index in [-0.39, 0.29) is 0 Å². The van der Waals surface area contributed by atoms with Crippen molar-refractivity contribution < 1.29 is 9.30 Å². The number of nitrogens with zero attached hydrogens (tertiary/aromatic N) is 2. The van der Waals surface area contributed by atoms with Crippen LogP contribution in [0, 0.1) is 26.3 Å². The molecule has 0 saturated heterocycles. The van der Waals surface area contributed by atoms with Crippen molar-refractivity contribution in [2.24, 2.45) is 13.0 Å². The standard InChI is InChI=1S/C35H35N2O/c1-20(2)15-29-26-11-9-21(3)16-28(26)22(4)31-33-32-27(13-14-37(33)8)25-12-10-23(19-35(5,6)36-7)17-24(25)18-30(32)38-34(29)31/h9-14,16-18,20H,15,19H2,1-6,8H3/q+1. The van der Waals surface area contributed by atoms with Crippen LogP contribution in [0.3, 0.4) is 0 Å². The number of pyridine rings is 1. The zero-order valence-corrected chi connectivity index (χ0v) is 23.5. The van der Waals surface area contributed by atoms with Crippen LogP contribution in [0.1, 0.15) is 49.9 Å². The molecule has 0 N–H and O–H groups in total. The Morgan fingerprint density at radius 2 is 1.71 bits per heavy atom. The van der Waals surface area contributed by atoms with Gasteiger partial charge in [-0.2, -0.15) is 0 Å². The Labute approximate surface area is 225 Å². The summed E-state index contributed by atoms with van der Waals surface area (Å²) in [5, 5.41) is 7.38. The Morgan fingerprint density at radius 3 is 2.45 bits per heavy atom. The minimum Gasteiger partial charge on any atom is -0.455 e. The summed E-state index contributed by atoms with van der Waals surface area (Å²) in [4.78, 5) is 3.83. The van der Waals surface area contributed by atoms with Crippen LogP contribution in [0.15, 0.2) is 54.7 Å². The molecular weight excluding hydrogens is 464 g/mol. The third kappa shape index (κ3) is 3.74. The van der Waals surface area contributed by atoms with Crippen molar-refractivity contribution >= 4 is 32.3 Å². The molecule has 0 fully saturated rings. The number of aromatic nitrogens is 1. The van der Waals surface area contributed by atoms with Gasteiger partial charge in [0.2, 0.25) is 11.2 Å². The summed E-state index contributed by atoms with van der Waals surface area (Å²) in [6, 6.07) is 17.9. The highest BCUT2D eigenvalue weighted by Gasteiger charge is 2.33. The summed E-state index contributed by atoms with van der Waals surface area (Å²) in [6.45, 7) is 20.6. The number of benzene rings is 4. The average Bonchev–Trinajstić information content (AvgIpc) is 2.87. The van der Waals surface area contributed by atoms with E-state index in [1.807, 2.05) is 13.8 Å². The van der Waals surface area contributed by atoms with Crippen molar-refractivity contribution in [3.05, 3.63) is 88.4 Å². The average molecular weight is 500 g/mol. The van der Waals surface area contributed by atoms with E-state index in [0.717, 1.165) is 29.7 Å². The minimum absolute atomic E-state index is 0.419. The van der Waals surface area contributed by atoms with Crippen LogP contribution in [0.4, 0.5) is 0 Å². The number of aryl methyl sites for hydroxylation is 3. The first-order valence-corrected chi connectivity index (χ1v) is 13.6. The van der Waals surface area contributed by atoms with Crippen LogP contribution >= 0.6 is 0 Å². The van der Waals surface area contributed by atoms with Gasteiger partial charge in [0.25, 0.3) is 0 Å². The Morgan fingerprint density at radius 1 is 0.947 bits per heavy atom. The Hall–Kier alpha value is -3.90. The predicted molar refractivity (Wildman–Crippen MR) is 158 cm³/mol. The van der Waals surface area contributed by atoms with Crippen LogP contribution < -0.4 is 9.30 Å². The molecule has 5 aromatic rings. The van der Waals surface area contributed by atoms with Gasteiger partial charge in [-0.25, -0.2) is 11.1 Å². The first kappa shape index (κ1) is 24.4. The Balaban J connectivity index is 1.70. The fourth-order valence-electron chi connectivity index (χ4n) is 6.27. The molecule has 1 aromatic heterocycles. The molecule has 0 bridgehead atoms. The van der Waals surface area contributed by atoms with Crippen LogP contribution in [0.2, 0.25) is 0 Å². The van der Waals surface area contributed by atoms with Crippen molar-refractivity contribution in [2.45, 2.75) is 59.9 Å². The fraction of sp³-hybridized carbons (Fsp3) is 0.314. The van der Waals surface area contributed by atoms with E-state index in [2.05, 4.69) is 98.9 Å². The van der Waals surface area contributed by atoms with Gasteiger partial charge in [-0.05, 0) is 64.9 Å². The van der Waals surface area contributed by atoms with Gasteiger partial charge in [-0.1, -0.05) is 55.8 Å². The molecule has 38 heavy (non-hydrogen) atoms. The van der Waals surface area contributed by atoms with Gasteiger partial charge in [0, 0.05) is 30.9 Å². The molecule has 0 spiro atoms. The molecule has 1 aliphatic heterocycles. The number of fused-ring (bicyclic) bond motifs is 5. The summed E-state index contributed by atoms with van der Waals surface area (Å²) >= 11 is 0. The maximum absolute atomic E-state index is 7.57. The lowest BCUT2D eigenvalue weighted by Crippen LogP contribution is -2.32. The largest absolute Gasteiger partial charge is 0.455 e. The number of hydrogen-bond acceptors (Lipinski definition) is 1. The summed E-state index contributed by atoms with van der Waals surface area (Å²) in [5.74, 6) is 2.43. The predicted octanol–water partition coefficient (Wildman–Crippen LogP) is 8.80. The first-order valence-electron chi connectivity index (χ1n) is 13.6. The van der Waals surface area contributed by atoms with Crippen LogP contribution in [0.5, 0.6) is 11.5 Å². The molecule has 3 nitrogen and oxygen atoms in total. The van der Waals surface area contributed by atoms with E-state index in [1.165, 1.54) is 60.4 Å². The smallest absolute Gasteiger partial charge is 0.231 e. The second kappa shape index (κ2) is 8.57. The number of ether oxygens (including phenoxy) is 1. The molecule has 3 heteroatoms. The van der Waals surface area contributed by atoms with Gasteiger partial charge in [-0.3, -0.25) is 0 Å². The Bertz CT molecular complexity index is 1840. The van der Waals surface area contributed by atoms with E-state index in [0.29, 0.717) is 5.92 Å². The molecule has 0 radical (unpaired) electrons. The van der Waals surface area contributed by atoms with E-state index in [1.54, 1.807) is 0 Å². The summed E-state index contributed by atoms with van der Waals surface area (Å²) in [5.41, 5.74) is 7.05. The number of rotatable bonds is 4. The molecule has 0 aliphatic carbocycles. The maximum Gasteiger partial charge on any atom is 0.231 e. The van der Waals surface area contributed by atoms with E-state index in [4.69, 9.17) is 11.3 Å². The summed E-state index contributed by atoms with van der Waals surface area (Å²) < 4.78 is 9.23. The van der Waals surface area contributed by atoms with Crippen LogP contribution in [-0.2, 0) is 19.9 Å². The Kier molecular flexibility index (Phi) is 5.51. The molecule has 0 atom stereocenters. The van der Waals surface area contributed by atoms with Crippen molar-refractivity contribution in [3.63, 3.8) is 0 Å². The molecule has 1 aliphatic rings. The first-order chi connectivity index (χ1) is 18.1. The monoisotopic (exact) mass is 499 g/mol. The van der Waals surface area contributed by atoms with Gasteiger partial charge >= 0.3 is 0 Å². The zero-order valence-electron chi connectivity index (χ0n) is 23.5. The number of hydrogen-bond donors (Lipinski definition) is 0. The summed E-state index contributed by atoms with van der Waals surface area (Å²) in [6.07, 6.45) is 3.87. The van der Waals surface area contributed by atoms with Crippen LogP contribution in [0.25, 0.3) is 48.4 Å². The zero-order chi connectivity index (χ0) is 26.9. The molecule has 4 aromatic carbocycles. The molecule has 190 valence electrons. The van der Waals surface area contributed by atoms with Gasteiger partial charge in [0.15, 0.2) is 6.20 Å². The van der Waals surface area contributed by atoms with Gasteiger partial charge < -0.3 is 9.58 Å². The second-order valence-electron chi connectivity index (χ2n) is 12.2. The topological polar surface area (TPSA) is 17.5 Å². The van der Waals surface area contributed by atoms with E-state index < -0.39 is 5.54 Å². The molecule has 6 rings (SSSR count). The quantitative estimate of drug-likeness (QED) is 0.135. The lowest BCUT2D eigenvalue weighted by Gasteiger charge is -2.26. The second-order valence-corrected chi connectivity index (χ2v) is 12.2. The maximum atomic E-state index is 7.57. The fourth-order valence-corrected chi connectivity index (χ4v) is 6.27. The molecular formula is C35H35N2O+. The lowest BCUT2D eigenvalue weighted by atomic mass is 9.85. The van der Waals surface area contributed by atoms with Crippen molar-refractivity contribution in [3.8, 4) is 22.8 Å². The molecule has 0 saturated carbocycles. The van der Waals surface area contributed by atoms with Gasteiger partial charge in [-0.15, -0.1) is 0 Å². The SMILES string of the molecule is [C-]#[N+]C(C)(C)Cc1ccc2c(c1)cc1c3c([n+](C)ccc32)-c2c(c(CC(C)C)c3ccc(C)cc3c2C)O1. The van der Waals surface area contributed by atoms with Crippen molar-refractivity contribution in [2.75, 3.05) is 0 Å². The lowest BCUT2D eigenvalue weighted by molar-refractivity contribution is -0.659. The van der Waals surface area contributed by atoms with E-state index >= 15 is 0 Å². The molecule has 0 amide bonds. The highest BCUT2D eigenvalue weighted by atomic mass is 16.5. The molecule has 0 unspecified atom stereocenters. The summed E-state index contributed by atoms with van der Waals surface area (Å²) in [7, 11) is 2.15. The van der Waals surface area contributed by atoms with Crippen LogP contribution in [-0.4, -0.2) is 5.54 Å². The third-order valence-corrected chi connectivity index (χ3v) is 8.04. The minimum atomic E-state index is -0.419. The molecule has 2 heterocycles. The van der Waals surface area contributed by atoms with E-state index in [9.17, 15) is 0 Å². The third-order valence-electron chi connectivity index (χ3n) is 8.04. The normalized spacial score (nSPS) is 12.7. The van der Waals surface area contributed by atoms with Gasteiger partial charge in [0.1, 0.15) is 18.5 Å². The highest BCUT2D eigenvalue weighted by Crippen LogP contribution is 2.52. The highest BCUT2D eigenvalue weighted by molar-refractivity contribution is 6.16.